The maximum Gasteiger partial charge on any atom is 0.224 e. The number of aliphatic hydroxyl groups is 1. The minimum Gasteiger partial charge on any atom is -0.392 e. The van der Waals surface area contributed by atoms with Crippen LogP contribution in [0.5, 0.6) is 0 Å². The molecule has 0 bridgehead atoms. The normalized spacial score (nSPS) is 17.6. The molecule has 8 heteroatoms. The Hall–Kier alpha value is -2.78. The summed E-state index contributed by atoms with van der Waals surface area (Å²) in [5.41, 5.74) is 3.59. The third-order valence-corrected chi connectivity index (χ3v) is 9.63. The van der Waals surface area contributed by atoms with Crippen molar-refractivity contribution < 1.29 is 24.2 Å². The molecule has 1 aliphatic heterocycles. The molecular formula is C42H67N3O5. The van der Waals surface area contributed by atoms with Gasteiger partial charge in [0.05, 0.1) is 18.8 Å². The molecule has 1 fully saturated rings. The summed E-state index contributed by atoms with van der Waals surface area (Å²) < 4.78 is 13.4. The molecule has 3 atom stereocenters. The van der Waals surface area contributed by atoms with Gasteiger partial charge in [-0.1, -0.05) is 121 Å². The lowest BCUT2D eigenvalue weighted by Gasteiger charge is -2.38. The molecule has 0 spiro atoms. The van der Waals surface area contributed by atoms with E-state index >= 15 is 0 Å². The minimum absolute atomic E-state index is 0.00723. The van der Waals surface area contributed by atoms with Crippen LogP contribution < -0.4 is 10.6 Å². The summed E-state index contributed by atoms with van der Waals surface area (Å²) in [6.45, 7) is 9.77. The molecule has 0 aliphatic carbocycles. The molecule has 1 heterocycles. The summed E-state index contributed by atoms with van der Waals surface area (Å²) in [6.07, 6.45) is 18.5. The largest absolute Gasteiger partial charge is 0.392 e. The second-order valence-corrected chi connectivity index (χ2v) is 14.2. The third kappa shape index (κ3) is 17.0. The van der Waals surface area contributed by atoms with Crippen molar-refractivity contribution in [3.8, 4) is 0 Å². The first kappa shape index (κ1) is 41.6. The van der Waals surface area contributed by atoms with E-state index < -0.39 is 6.29 Å². The van der Waals surface area contributed by atoms with Crippen LogP contribution in [-0.2, 0) is 25.7 Å². The number of carbonyl (C=O) groups excluding carboxylic acids is 2. The first-order valence-electron chi connectivity index (χ1n) is 19.8. The summed E-state index contributed by atoms with van der Waals surface area (Å²) in [4.78, 5) is 26.4. The van der Waals surface area contributed by atoms with Gasteiger partial charge in [-0.15, -0.1) is 0 Å². The van der Waals surface area contributed by atoms with Crippen molar-refractivity contribution in [2.45, 2.75) is 155 Å². The van der Waals surface area contributed by atoms with Gasteiger partial charge in [0.2, 0.25) is 11.8 Å². The molecule has 280 valence electrons. The van der Waals surface area contributed by atoms with Gasteiger partial charge in [-0.25, -0.2) is 0 Å². The van der Waals surface area contributed by atoms with Crippen LogP contribution >= 0.6 is 0 Å². The first-order chi connectivity index (χ1) is 24.4. The number of ether oxygens (including phenoxy) is 2. The van der Waals surface area contributed by atoms with Crippen LogP contribution in [0.1, 0.15) is 159 Å². The Labute approximate surface area is 303 Å². The fraction of sp³-hybridized carbons (Fsp3) is 0.667. The predicted octanol–water partition coefficient (Wildman–Crippen LogP) is 9.38. The summed E-state index contributed by atoms with van der Waals surface area (Å²) in [7, 11) is 0. The highest BCUT2D eigenvalue weighted by atomic mass is 16.7. The smallest absolute Gasteiger partial charge is 0.224 e. The number of nitrogens with one attached hydrogen (secondary N) is 2. The van der Waals surface area contributed by atoms with Crippen LogP contribution in [0.2, 0.25) is 0 Å². The van der Waals surface area contributed by atoms with Crippen LogP contribution in [0.15, 0.2) is 48.5 Å². The summed E-state index contributed by atoms with van der Waals surface area (Å²) in [5, 5.41) is 15.5. The Morgan fingerprint density at radius 2 is 1.42 bits per heavy atom. The average molecular weight is 694 g/mol. The van der Waals surface area contributed by atoms with Gasteiger partial charge in [0.15, 0.2) is 6.29 Å². The van der Waals surface area contributed by atoms with Crippen molar-refractivity contribution in [3.63, 3.8) is 0 Å². The Morgan fingerprint density at radius 3 is 2.06 bits per heavy atom. The molecule has 3 N–H and O–H groups in total. The van der Waals surface area contributed by atoms with Crippen LogP contribution in [-0.4, -0.2) is 54.1 Å². The number of benzene rings is 2. The van der Waals surface area contributed by atoms with E-state index in [9.17, 15) is 14.7 Å². The fourth-order valence-electron chi connectivity index (χ4n) is 6.69. The Bertz CT molecular complexity index is 1190. The van der Waals surface area contributed by atoms with E-state index in [1.807, 2.05) is 36.4 Å². The highest BCUT2D eigenvalue weighted by Crippen LogP contribution is 2.39. The van der Waals surface area contributed by atoms with Crippen LogP contribution in [0.4, 0.5) is 5.69 Å². The van der Waals surface area contributed by atoms with Gasteiger partial charge in [-0.3, -0.25) is 9.59 Å². The van der Waals surface area contributed by atoms with Gasteiger partial charge in [-0.2, -0.15) is 0 Å². The quantitative estimate of drug-likeness (QED) is 0.0850. The number of hydrogen-bond acceptors (Lipinski definition) is 6. The number of carbonyl (C=O) groups is 2. The molecule has 2 aromatic rings. The van der Waals surface area contributed by atoms with E-state index in [0.717, 1.165) is 67.7 Å². The molecule has 1 aliphatic rings. The van der Waals surface area contributed by atoms with Crippen molar-refractivity contribution in [1.82, 2.24) is 10.2 Å². The summed E-state index contributed by atoms with van der Waals surface area (Å²) >= 11 is 0. The van der Waals surface area contributed by atoms with Crippen molar-refractivity contribution in [2.75, 3.05) is 31.5 Å². The van der Waals surface area contributed by atoms with Crippen molar-refractivity contribution in [3.05, 3.63) is 65.2 Å². The summed E-state index contributed by atoms with van der Waals surface area (Å²) in [5.74, 6) is -0.0450. The lowest BCUT2D eigenvalue weighted by Crippen LogP contribution is -2.40. The van der Waals surface area contributed by atoms with Crippen LogP contribution in [0.3, 0.4) is 0 Å². The van der Waals surface area contributed by atoms with Gasteiger partial charge in [0, 0.05) is 44.1 Å². The van der Waals surface area contributed by atoms with Gasteiger partial charge >= 0.3 is 0 Å². The zero-order valence-electron chi connectivity index (χ0n) is 31.4. The molecule has 0 aromatic heterocycles. The standard InChI is InChI=1S/C42H67N3O5/c1-4-6-8-10-12-17-28-45(29-18-13-11-9-7-5-2)32-39-31-40(36-25-23-35(33-46)24-26-36)50-42(49-39)37-20-19-21-38(30-37)44-41(48)22-15-14-16-27-43-34(3)47/h19-21,23-26,30,39-40,42,46H,4-18,22,27-29,31-33H2,1-3H3,(H,43,47)(H,44,48)/t39-,40+,42+/m0/s1. The van der Waals surface area contributed by atoms with Crippen molar-refractivity contribution >= 4 is 17.5 Å². The maximum absolute atomic E-state index is 12.8. The minimum atomic E-state index is -0.563. The van der Waals surface area contributed by atoms with Gasteiger partial charge in [-0.05, 0) is 62.0 Å². The number of amides is 2. The molecule has 0 unspecified atom stereocenters. The number of rotatable bonds is 26. The highest BCUT2D eigenvalue weighted by molar-refractivity contribution is 5.90. The SMILES string of the molecule is CCCCCCCCN(CCCCCCCC)C[C@@H]1C[C@H](c2ccc(CO)cc2)O[C@H](c2cccc(NC(=O)CCCCCNC(C)=O)c2)O1. The summed E-state index contributed by atoms with van der Waals surface area (Å²) in [6, 6.07) is 15.9. The molecule has 1 saturated heterocycles. The molecule has 3 rings (SSSR count). The zero-order chi connectivity index (χ0) is 35.8. The fourth-order valence-corrected chi connectivity index (χ4v) is 6.69. The van der Waals surface area contributed by atoms with Gasteiger partial charge < -0.3 is 30.1 Å². The Kier molecular flexibility index (Phi) is 21.0. The Balaban J connectivity index is 1.68. The third-order valence-electron chi connectivity index (χ3n) is 9.63. The molecule has 50 heavy (non-hydrogen) atoms. The number of unbranched alkanes of at least 4 members (excludes halogenated alkanes) is 12. The van der Waals surface area contributed by atoms with Crippen LogP contribution in [0.25, 0.3) is 0 Å². The van der Waals surface area contributed by atoms with Crippen molar-refractivity contribution in [2.24, 2.45) is 0 Å². The number of anilines is 1. The number of aliphatic hydroxyl groups excluding tert-OH is 1. The molecule has 2 aromatic carbocycles. The van der Waals surface area contributed by atoms with E-state index in [4.69, 9.17) is 9.47 Å². The lowest BCUT2D eigenvalue weighted by molar-refractivity contribution is -0.253. The molecule has 8 nitrogen and oxygen atoms in total. The maximum atomic E-state index is 12.8. The van der Waals surface area contributed by atoms with E-state index in [1.54, 1.807) is 0 Å². The van der Waals surface area contributed by atoms with Gasteiger partial charge in [0.25, 0.3) is 0 Å². The topological polar surface area (TPSA) is 100 Å². The van der Waals surface area contributed by atoms with E-state index in [1.165, 1.54) is 84.0 Å². The molecule has 2 amide bonds. The second kappa shape index (κ2) is 25.2. The lowest BCUT2D eigenvalue weighted by atomic mass is 9.99. The highest BCUT2D eigenvalue weighted by Gasteiger charge is 2.33. The first-order valence-corrected chi connectivity index (χ1v) is 19.8. The monoisotopic (exact) mass is 694 g/mol. The number of nitrogens with zero attached hydrogens (tertiary/aromatic N) is 1. The Morgan fingerprint density at radius 1 is 0.780 bits per heavy atom. The van der Waals surface area contributed by atoms with Gasteiger partial charge in [0.1, 0.15) is 0 Å². The average Bonchev–Trinajstić information content (AvgIpc) is 3.12. The van der Waals surface area contributed by atoms with Crippen molar-refractivity contribution in [1.29, 1.82) is 0 Å². The van der Waals surface area contributed by atoms with E-state index in [0.29, 0.717) is 13.0 Å². The predicted molar refractivity (Wildman–Crippen MR) is 204 cm³/mol. The van der Waals surface area contributed by atoms with E-state index in [-0.39, 0.29) is 30.6 Å². The molecule has 0 saturated carbocycles. The molecular weight excluding hydrogens is 626 g/mol. The zero-order valence-corrected chi connectivity index (χ0v) is 31.4. The van der Waals surface area contributed by atoms with E-state index in [2.05, 4.69) is 41.5 Å². The second-order valence-electron chi connectivity index (χ2n) is 14.2. The number of hydrogen-bond donors (Lipinski definition) is 3. The van der Waals surface area contributed by atoms with Crippen LogP contribution in [0, 0.1) is 0 Å². The molecule has 0 radical (unpaired) electrons.